The minimum Gasteiger partial charge on any atom is -0.482 e. The van der Waals surface area contributed by atoms with Crippen LogP contribution in [0.4, 0.5) is 0 Å². The number of allylic oxidation sites excluding steroid dienone is 3. The summed E-state index contributed by atoms with van der Waals surface area (Å²) < 4.78 is 5.34. The predicted molar refractivity (Wildman–Crippen MR) is 103 cm³/mol. The first-order valence-corrected chi connectivity index (χ1v) is 8.04. The van der Waals surface area contributed by atoms with Gasteiger partial charge in [0.1, 0.15) is 11.8 Å². The Morgan fingerprint density at radius 3 is 2.65 bits per heavy atom. The lowest BCUT2D eigenvalue weighted by atomic mass is 10.2. The average molecular weight is 345 g/mol. The summed E-state index contributed by atoms with van der Waals surface area (Å²) in [6, 6.07) is 18.7. The Kier molecular flexibility index (Phi) is 7.38. The molecule has 0 aliphatic carbocycles. The molecule has 1 amide bonds. The molecule has 0 aromatic heterocycles. The molecule has 0 saturated carbocycles. The fraction of sp³-hybridized carbons (Fsp3) is 0.0952. The summed E-state index contributed by atoms with van der Waals surface area (Å²) in [6.07, 6.45) is 7.50. The highest BCUT2D eigenvalue weighted by Crippen LogP contribution is 2.16. The van der Waals surface area contributed by atoms with Crippen LogP contribution in [-0.4, -0.2) is 18.2 Å². The molecule has 130 valence electrons. The van der Waals surface area contributed by atoms with Gasteiger partial charge in [-0.05, 0) is 30.7 Å². The molecule has 26 heavy (non-hydrogen) atoms. The second-order valence-corrected chi connectivity index (χ2v) is 5.31. The van der Waals surface area contributed by atoms with E-state index in [1.54, 1.807) is 37.3 Å². The molecular formula is C21H19N3O2. The van der Waals surface area contributed by atoms with E-state index in [1.165, 1.54) is 0 Å². The van der Waals surface area contributed by atoms with Gasteiger partial charge in [-0.25, -0.2) is 5.43 Å². The van der Waals surface area contributed by atoms with Crippen molar-refractivity contribution in [3.05, 3.63) is 84.0 Å². The molecule has 0 aliphatic rings. The zero-order valence-corrected chi connectivity index (χ0v) is 14.4. The molecule has 2 aromatic rings. The van der Waals surface area contributed by atoms with E-state index >= 15 is 0 Å². The molecule has 0 unspecified atom stereocenters. The van der Waals surface area contributed by atoms with Crippen molar-refractivity contribution in [1.29, 1.82) is 5.26 Å². The Morgan fingerprint density at radius 2 is 1.88 bits per heavy atom. The van der Waals surface area contributed by atoms with Crippen LogP contribution < -0.4 is 10.2 Å². The van der Waals surface area contributed by atoms with E-state index < -0.39 is 5.91 Å². The first kappa shape index (κ1) is 18.7. The van der Waals surface area contributed by atoms with Crippen molar-refractivity contribution in [3.8, 4) is 11.8 Å². The van der Waals surface area contributed by atoms with Crippen molar-refractivity contribution in [3.63, 3.8) is 0 Å². The number of carbonyl (C=O) groups is 1. The van der Waals surface area contributed by atoms with Crippen molar-refractivity contribution >= 4 is 17.7 Å². The van der Waals surface area contributed by atoms with Crippen LogP contribution in [0.25, 0.3) is 6.08 Å². The van der Waals surface area contributed by atoms with Gasteiger partial charge in [-0.1, -0.05) is 60.7 Å². The van der Waals surface area contributed by atoms with E-state index in [2.05, 4.69) is 10.5 Å². The van der Waals surface area contributed by atoms with Gasteiger partial charge in [0.05, 0.1) is 11.3 Å². The molecule has 0 bridgehead atoms. The monoisotopic (exact) mass is 345 g/mol. The number of benzene rings is 2. The average Bonchev–Trinajstić information content (AvgIpc) is 2.69. The standard InChI is InChI=1S/C21H19N3O2/c1-17(9-5-6-12-18-10-3-2-4-11-18)23-24-21(25)16-26-20-14-8-7-13-19(20)15-22/h2-14H,16H2,1H3,(H,24,25). The van der Waals surface area contributed by atoms with Crippen molar-refractivity contribution in [2.24, 2.45) is 5.10 Å². The van der Waals surface area contributed by atoms with Gasteiger partial charge in [-0.2, -0.15) is 10.4 Å². The maximum Gasteiger partial charge on any atom is 0.277 e. The number of hydrazone groups is 1. The van der Waals surface area contributed by atoms with E-state index in [9.17, 15) is 4.79 Å². The summed E-state index contributed by atoms with van der Waals surface area (Å²) in [7, 11) is 0. The summed E-state index contributed by atoms with van der Waals surface area (Å²) in [4.78, 5) is 11.8. The van der Waals surface area contributed by atoms with Gasteiger partial charge in [0.25, 0.3) is 5.91 Å². The molecule has 0 atom stereocenters. The first-order valence-electron chi connectivity index (χ1n) is 8.04. The highest BCUT2D eigenvalue weighted by molar-refractivity contribution is 5.94. The molecular weight excluding hydrogens is 326 g/mol. The zero-order valence-electron chi connectivity index (χ0n) is 14.4. The normalized spacial score (nSPS) is 11.5. The van der Waals surface area contributed by atoms with Crippen LogP contribution in [0, 0.1) is 11.3 Å². The fourth-order valence-corrected chi connectivity index (χ4v) is 1.97. The molecule has 0 heterocycles. The van der Waals surface area contributed by atoms with Crippen molar-refractivity contribution in [2.75, 3.05) is 6.61 Å². The Morgan fingerprint density at radius 1 is 1.15 bits per heavy atom. The Hall–Kier alpha value is -3.65. The van der Waals surface area contributed by atoms with Crippen molar-refractivity contribution < 1.29 is 9.53 Å². The minimum atomic E-state index is -0.398. The predicted octanol–water partition coefficient (Wildman–Crippen LogP) is 3.70. The summed E-state index contributed by atoms with van der Waals surface area (Å²) in [6.45, 7) is 1.56. The number of hydrogen-bond donors (Lipinski definition) is 1. The van der Waals surface area contributed by atoms with Crippen LogP contribution in [0.15, 0.2) is 77.9 Å². The number of rotatable bonds is 7. The maximum atomic E-state index is 11.8. The number of ether oxygens (including phenoxy) is 1. The van der Waals surface area contributed by atoms with Crippen LogP contribution in [-0.2, 0) is 4.79 Å². The fourth-order valence-electron chi connectivity index (χ4n) is 1.97. The lowest BCUT2D eigenvalue weighted by molar-refractivity contribution is -0.123. The molecule has 2 rings (SSSR count). The Balaban J connectivity index is 1.79. The van der Waals surface area contributed by atoms with E-state index in [-0.39, 0.29) is 6.61 Å². The third-order valence-electron chi connectivity index (χ3n) is 3.26. The quantitative estimate of drug-likeness (QED) is 0.472. The molecule has 0 fully saturated rings. The second kappa shape index (κ2) is 10.3. The van der Waals surface area contributed by atoms with Gasteiger partial charge >= 0.3 is 0 Å². The van der Waals surface area contributed by atoms with Crippen LogP contribution in [0.2, 0.25) is 0 Å². The minimum absolute atomic E-state index is 0.215. The van der Waals surface area contributed by atoms with Gasteiger partial charge in [-0.15, -0.1) is 0 Å². The number of para-hydroxylation sites is 1. The molecule has 0 saturated heterocycles. The van der Waals surface area contributed by atoms with Crippen LogP contribution in [0.5, 0.6) is 5.75 Å². The van der Waals surface area contributed by atoms with Crippen LogP contribution >= 0.6 is 0 Å². The number of amides is 1. The summed E-state index contributed by atoms with van der Waals surface area (Å²) >= 11 is 0. The van der Waals surface area contributed by atoms with E-state index in [1.807, 2.05) is 54.6 Å². The number of hydrogen-bond acceptors (Lipinski definition) is 4. The SMILES string of the molecule is CC(C=CC=Cc1ccccc1)=NNC(=O)COc1ccccc1C#N. The van der Waals surface area contributed by atoms with E-state index in [0.29, 0.717) is 17.0 Å². The van der Waals surface area contributed by atoms with Gasteiger partial charge in [0.15, 0.2) is 6.61 Å². The van der Waals surface area contributed by atoms with Gasteiger partial charge in [-0.3, -0.25) is 4.79 Å². The number of carbonyl (C=O) groups excluding carboxylic acids is 1. The molecule has 5 heteroatoms. The molecule has 1 N–H and O–H groups in total. The lowest BCUT2D eigenvalue weighted by Crippen LogP contribution is -2.25. The van der Waals surface area contributed by atoms with Gasteiger partial charge in [0, 0.05) is 0 Å². The van der Waals surface area contributed by atoms with E-state index in [4.69, 9.17) is 10.00 Å². The molecule has 5 nitrogen and oxygen atoms in total. The lowest BCUT2D eigenvalue weighted by Gasteiger charge is -2.06. The molecule has 0 spiro atoms. The number of nitriles is 1. The topological polar surface area (TPSA) is 74.5 Å². The van der Waals surface area contributed by atoms with Gasteiger partial charge < -0.3 is 4.74 Å². The molecule has 2 aromatic carbocycles. The highest BCUT2D eigenvalue weighted by Gasteiger charge is 2.05. The van der Waals surface area contributed by atoms with E-state index in [0.717, 1.165) is 5.56 Å². The highest BCUT2D eigenvalue weighted by atomic mass is 16.5. The molecule has 0 radical (unpaired) electrons. The number of nitrogens with one attached hydrogen (secondary N) is 1. The third kappa shape index (κ3) is 6.46. The van der Waals surface area contributed by atoms with Crippen LogP contribution in [0.1, 0.15) is 18.1 Å². The second-order valence-electron chi connectivity index (χ2n) is 5.31. The smallest absolute Gasteiger partial charge is 0.277 e. The number of nitrogens with zero attached hydrogens (tertiary/aromatic N) is 2. The maximum absolute atomic E-state index is 11.8. The van der Waals surface area contributed by atoms with Crippen LogP contribution in [0.3, 0.4) is 0 Å². The zero-order chi connectivity index (χ0) is 18.6. The van der Waals surface area contributed by atoms with Crippen molar-refractivity contribution in [1.82, 2.24) is 5.43 Å². The Bertz CT molecular complexity index is 862. The summed E-state index contributed by atoms with van der Waals surface area (Å²) in [5.41, 5.74) is 4.55. The third-order valence-corrected chi connectivity index (χ3v) is 3.26. The Labute approximate surface area is 152 Å². The molecule has 0 aliphatic heterocycles. The largest absolute Gasteiger partial charge is 0.482 e. The summed E-state index contributed by atoms with van der Waals surface area (Å²) in [5, 5.41) is 12.9. The summed E-state index contributed by atoms with van der Waals surface area (Å²) in [5.74, 6) is -0.0258. The van der Waals surface area contributed by atoms with Gasteiger partial charge in [0.2, 0.25) is 0 Å². The first-order chi connectivity index (χ1) is 12.7. The van der Waals surface area contributed by atoms with Crippen molar-refractivity contribution in [2.45, 2.75) is 6.92 Å².